The van der Waals surface area contributed by atoms with E-state index in [4.69, 9.17) is 4.98 Å². The minimum Gasteiger partial charge on any atom is -0.363 e. The second-order valence-electron chi connectivity index (χ2n) is 7.89. The Balaban J connectivity index is 0.00000306. The van der Waals surface area contributed by atoms with Crippen molar-refractivity contribution in [2.24, 2.45) is 4.99 Å². The van der Waals surface area contributed by atoms with E-state index in [9.17, 15) is 0 Å². The summed E-state index contributed by atoms with van der Waals surface area (Å²) in [6.07, 6.45) is 3.73. The van der Waals surface area contributed by atoms with Crippen LogP contribution < -0.4 is 15.5 Å². The minimum absolute atomic E-state index is 0. The van der Waals surface area contributed by atoms with Gasteiger partial charge in [0, 0.05) is 45.5 Å². The number of aromatic nitrogens is 3. The second kappa shape index (κ2) is 11.1. The monoisotopic (exact) mass is 555 g/mol. The third-order valence-electron chi connectivity index (χ3n) is 5.41. The zero-order valence-electron chi connectivity index (χ0n) is 19.4. The van der Waals surface area contributed by atoms with E-state index in [0.717, 1.165) is 33.9 Å². The molecule has 0 aliphatic carbocycles. The van der Waals surface area contributed by atoms with Crippen LogP contribution in [0.1, 0.15) is 24.1 Å². The highest BCUT2D eigenvalue weighted by Gasteiger charge is 2.11. The first-order valence-corrected chi connectivity index (χ1v) is 10.7. The molecule has 2 heterocycles. The standard InChI is InChI=1S/C25H29N7.HI/c1-18(19-9-7-10-21(15-19)32-14-8-13-28-32)29-25(26-2)27-17-20-16-24(31(3)4)30-23-12-6-5-11-22(20)23;/h5-16,18H,17H2,1-4H3,(H2,26,27,29);1H. The van der Waals surface area contributed by atoms with Crippen molar-refractivity contribution in [1.29, 1.82) is 0 Å². The maximum Gasteiger partial charge on any atom is 0.191 e. The normalized spacial score (nSPS) is 12.2. The van der Waals surface area contributed by atoms with Crippen LogP contribution in [0.3, 0.4) is 0 Å². The maximum atomic E-state index is 4.75. The van der Waals surface area contributed by atoms with Crippen molar-refractivity contribution < 1.29 is 0 Å². The van der Waals surface area contributed by atoms with Crippen LogP contribution in [0.25, 0.3) is 16.6 Å². The van der Waals surface area contributed by atoms with Gasteiger partial charge in [-0.25, -0.2) is 9.67 Å². The third kappa shape index (κ3) is 5.81. The molecule has 4 rings (SSSR count). The number of nitrogens with zero attached hydrogens (tertiary/aromatic N) is 5. The minimum atomic E-state index is 0. The van der Waals surface area contributed by atoms with Gasteiger partial charge in [0.05, 0.1) is 17.2 Å². The number of hydrogen-bond donors (Lipinski definition) is 2. The Labute approximate surface area is 212 Å². The van der Waals surface area contributed by atoms with Gasteiger partial charge >= 0.3 is 0 Å². The molecule has 0 aliphatic rings. The topological polar surface area (TPSA) is 70.4 Å². The zero-order chi connectivity index (χ0) is 22.5. The number of rotatable bonds is 6. The van der Waals surface area contributed by atoms with Gasteiger partial charge in [0.25, 0.3) is 0 Å². The smallest absolute Gasteiger partial charge is 0.191 e. The molecular formula is C25H30IN7. The Kier molecular flexibility index (Phi) is 8.26. The third-order valence-corrected chi connectivity index (χ3v) is 5.41. The van der Waals surface area contributed by atoms with Gasteiger partial charge in [-0.1, -0.05) is 30.3 Å². The summed E-state index contributed by atoms with van der Waals surface area (Å²) in [7, 11) is 5.81. The predicted octanol–water partition coefficient (Wildman–Crippen LogP) is 4.53. The molecule has 0 aliphatic heterocycles. The molecule has 0 amide bonds. The molecule has 1 atom stereocenters. The first-order chi connectivity index (χ1) is 15.5. The number of fused-ring (bicyclic) bond motifs is 1. The summed E-state index contributed by atoms with van der Waals surface area (Å²) in [5.41, 5.74) is 4.35. The van der Waals surface area contributed by atoms with E-state index in [1.807, 2.05) is 66.3 Å². The first kappa shape index (κ1) is 24.5. The van der Waals surface area contributed by atoms with Gasteiger partial charge in [-0.15, -0.1) is 24.0 Å². The number of aliphatic imine (C=N–C) groups is 1. The summed E-state index contributed by atoms with van der Waals surface area (Å²) >= 11 is 0. The highest BCUT2D eigenvalue weighted by molar-refractivity contribution is 14.0. The van der Waals surface area contributed by atoms with Crippen molar-refractivity contribution in [2.45, 2.75) is 19.5 Å². The highest BCUT2D eigenvalue weighted by Crippen LogP contribution is 2.22. The molecule has 33 heavy (non-hydrogen) atoms. The molecule has 1 unspecified atom stereocenters. The number of nitrogens with one attached hydrogen (secondary N) is 2. The van der Waals surface area contributed by atoms with E-state index in [1.165, 1.54) is 5.56 Å². The molecule has 2 aromatic carbocycles. The summed E-state index contributed by atoms with van der Waals surface area (Å²) in [5, 5.41) is 12.4. The summed E-state index contributed by atoms with van der Waals surface area (Å²) < 4.78 is 1.86. The van der Waals surface area contributed by atoms with E-state index in [1.54, 1.807) is 13.2 Å². The van der Waals surface area contributed by atoms with Gasteiger partial charge in [0.2, 0.25) is 0 Å². The maximum absolute atomic E-state index is 4.75. The SMILES string of the molecule is CN=C(NCc1cc(N(C)C)nc2ccccc12)NC(C)c1cccc(-n2cccn2)c1.I. The van der Waals surface area contributed by atoms with Crippen LogP contribution in [0.4, 0.5) is 5.82 Å². The number of guanidine groups is 1. The molecule has 0 bridgehead atoms. The molecule has 0 saturated carbocycles. The number of para-hydroxylation sites is 1. The predicted molar refractivity (Wildman–Crippen MR) is 147 cm³/mol. The van der Waals surface area contributed by atoms with Gasteiger partial charge in [-0.3, -0.25) is 4.99 Å². The van der Waals surface area contributed by atoms with E-state index in [2.05, 4.69) is 51.9 Å². The molecule has 0 saturated heterocycles. The van der Waals surface area contributed by atoms with Crippen molar-refractivity contribution in [3.05, 3.63) is 84.2 Å². The molecule has 2 N–H and O–H groups in total. The number of pyridine rings is 1. The number of benzene rings is 2. The summed E-state index contributed by atoms with van der Waals surface area (Å²) in [6.45, 7) is 2.77. The first-order valence-electron chi connectivity index (χ1n) is 10.7. The van der Waals surface area contributed by atoms with Crippen LogP contribution in [-0.2, 0) is 6.54 Å². The fraction of sp³-hybridized carbons (Fsp3) is 0.240. The molecule has 4 aromatic rings. The van der Waals surface area contributed by atoms with E-state index in [0.29, 0.717) is 6.54 Å². The van der Waals surface area contributed by atoms with Crippen LogP contribution in [0, 0.1) is 0 Å². The van der Waals surface area contributed by atoms with Gasteiger partial charge < -0.3 is 15.5 Å². The van der Waals surface area contributed by atoms with Crippen molar-refractivity contribution in [3.8, 4) is 5.69 Å². The molecule has 0 fully saturated rings. The van der Waals surface area contributed by atoms with Crippen LogP contribution in [-0.4, -0.2) is 41.9 Å². The van der Waals surface area contributed by atoms with Gasteiger partial charge in [-0.05, 0) is 48.4 Å². The molecular weight excluding hydrogens is 525 g/mol. The average Bonchev–Trinajstić information content (AvgIpc) is 3.36. The lowest BCUT2D eigenvalue weighted by Crippen LogP contribution is -2.38. The molecule has 2 aromatic heterocycles. The Morgan fingerprint density at radius 2 is 1.91 bits per heavy atom. The van der Waals surface area contributed by atoms with E-state index in [-0.39, 0.29) is 30.0 Å². The van der Waals surface area contributed by atoms with Crippen molar-refractivity contribution in [3.63, 3.8) is 0 Å². The summed E-state index contributed by atoms with van der Waals surface area (Å²) in [6, 6.07) is 20.7. The Hall–Kier alpha value is -3.14. The van der Waals surface area contributed by atoms with Crippen LogP contribution >= 0.6 is 24.0 Å². The molecule has 8 heteroatoms. The van der Waals surface area contributed by atoms with Crippen LogP contribution in [0.15, 0.2) is 78.0 Å². The van der Waals surface area contributed by atoms with Crippen molar-refractivity contribution >= 4 is 46.7 Å². The number of anilines is 1. The Morgan fingerprint density at radius 1 is 1.09 bits per heavy atom. The zero-order valence-corrected chi connectivity index (χ0v) is 21.7. The van der Waals surface area contributed by atoms with Gasteiger partial charge in [0.15, 0.2) is 5.96 Å². The molecule has 172 valence electrons. The van der Waals surface area contributed by atoms with Crippen molar-refractivity contribution in [1.82, 2.24) is 25.4 Å². The highest BCUT2D eigenvalue weighted by atomic mass is 127. The lowest BCUT2D eigenvalue weighted by molar-refractivity contribution is 0.684. The lowest BCUT2D eigenvalue weighted by Gasteiger charge is -2.20. The Morgan fingerprint density at radius 3 is 2.64 bits per heavy atom. The molecule has 0 radical (unpaired) electrons. The molecule has 7 nitrogen and oxygen atoms in total. The fourth-order valence-electron chi connectivity index (χ4n) is 3.63. The van der Waals surface area contributed by atoms with Crippen molar-refractivity contribution in [2.75, 3.05) is 26.0 Å². The van der Waals surface area contributed by atoms with Gasteiger partial charge in [-0.2, -0.15) is 5.10 Å². The van der Waals surface area contributed by atoms with Gasteiger partial charge in [0.1, 0.15) is 5.82 Å². The summed E-state index contributed by atoms with van der Waals surface area (Å²) in [5.74, 6) is 1.68. The lowest BCUT2D eigenvalue weighted by atomic mass is 10.1. The number of hydrogen-bond acceptors (Lipinski definition) is 4. The summed E-state index contributed by atoms with van der Waals surface area (Å²) in [4.78, 5) is 11.2. The van der Waals surface area contributed by atoms with Crippen LogP contribution in [0.5, 0.6) is 0 Å². The second-order valence-corrected chi connectivity index (χ2v) is 7.89. The molecule has 0 spiro atoms. The fourth-order valence-corrected chi connectivity index (χ4v) is 3.63. The van der Waals surface area contributed by atoms with E-state index < -0.39 is 0 Å². The van der Waals surface area contributed by atoms with E-state index >= 15 is 0 Å². The average molecular weight is 555 g/mol. The van der Waals surface area contributed by atoms with Crippen LogP contribution in [0.2, 0.25) is 0 Å². The Bertz CT molecular complexity index is 1220. The quantitative estimate of drug-likeness (QED) is 0.208. The largest absolute Gasteiger partial charge is 0.363 e. The number of halogens is 1.